The van der Waals surface area contributed by atoms with E-state index in [0.717, 1.165) is 55.3 Å². The van der Waals surface area contributed by atoms with Gasteiger partial charge in [0.2, 0.25) is 0 Å². The zero-order valence-corrected chi connectivity index (χ0v) is 21.0. The van der Waals surface area contributed by atoms with Gasteiger partial charge in [0.25, 0.3) is 0 Å². The molecule has 3 N–H and O–H groups in total. The number of amides is 2. The number of benzene rings is 1. The van der Waals surface area contributed by atoms with Crippen LogP contribution in [0.2, 0.25) is 0 Å². The van der Waals surface area contributed by atoms with E-state index in [9.17, 15) is 13.2 Å². The number of fused-ring (bicyclic) bond motifs is 2. The van der Waals surface area contributed by atoms with Crippen molar-refractivity contribution in [3.8, 4) is 0 Å². The van der Waals surface area contributed by atoms with Gasteiger partial charge < -0.3 is 5.32 Å². The topological polar surface area (TPSA) is 105 Å². The molecule has 1 heterocycles. The van der Waals surface area contributed by atoms with Gasteiger partial charge in [0.15, 0.2) is 0 Å². The second kappa shape index (κ2) is 9.07. The van der Waals surface area contributed by atoms with Gasteiger partial charge in [-0.15, -0.1) is 0 Å². The minimum atomic E-state index is -4.06. The molecule has 151 valence electrons. The summed E-state index contributed by atoms with van der Waals surface area (Å²) in [5, 5.41) is 6.90. The first-order chi connectivity index (χ1) is 13.3. The van der Waals surface area contributed by atoms with Gasteiger partial charge in [-0.25, -0.2) is 9.52 Å². The number of rotatable bonds is 5. The molecule has 0 saturated heterocycles. The molecular weight excluding hydrogens is 417 g/mol. The van der Waals surface area contributed by atoms with E-state index in [1.165, 1.54) is 17.3 Å². The summed E-state index contributed by atoms with van der Waals surface area (Å²) < 4.78 is 30.7. The summed E-state index contributed by atoms with van der Waals surface area (Å²) in [6, 6.07) is 1.62. The summed E-state index contributed by atoms with van der Waals surface area (Å²) in [6.07, 6.45) is 8.97. The average Bonchev–Trinajstić information content (AvgIpc) is 3.32. The second-order valence-corrected chi connectivity index (χ2v) is 9.11. The zero-order valence-electron chi connectivity index (χ0n) is 17.1. The number of carbonyl (C=O) groups is 1. The van der Waals surface area contributed by atoms with Crippen LogP contribution in [0.4, 0.5) is 16.2 Å². The van der Waals surface area contributed by atoms with E-state index < -0.39 is 16.2 Å². The Balaban J connectivity index is 0.00000240. The predicted octanol–water partition coefficient (Wildman–Crippen LogP) is 2.54. The normalized spacial score (nSPS) is 14.9. The van der Waals surface area contributed by atoms with Gasteiger partial charge in [-0.3, -0.25) is 9.40 Å². The van der Waals surface area contributed by atoms with Crippen molar-refractivity contribution in [2.24, 2.45) is 0 Å². The van der Waals surface area contributed by atoms with E-state index in [-0.39, 0.29) is 57.4 Å². The first kappa shape index (κ1) is 22.8. The van der Waals surface area contributed by atoms with Crippen LogP contribution in [0.5, 0.6) is 0 Å². The van der Waals surface area contributed by atoms with Crippen molar-refractivity contribution in [1.29, 1.82) is 0 Å². The van der Waals surface area contributed by atoms with Gasteiger partial charge in [-0.1, -0.05) is 6.07 Å². The Morgan fingerprint density at radius 3 is 2.28 bits per heavy atom. The van der Waals surface area contributed by atoms with E-state index in [0.29, 0.717) is 5.69 Å². The van der Waals surface area contributed by atoms with Crippen LogP contribution in [0.1, 0.15) is 55.0 Å². The molecule has 2 amide bonds. The Morgan fingerprint density at radius 2 is 1.72 bits per heavy atom. The molecule has 0 unspecified atom stereocenters. The van der Waals surface area contributed by atoms with Crippen molar-refractivity contribution in [2.75, 3.05) is 10.0 Å². The molecule has 8 nitrogen and oxygen atoms in total. The van der Waals surface area contributed by atoms with Gasteiger partial charge in [0.05, 0.1) is 11.9 Å². The monoisotopic (exact) mass is 442 g/mol. The van der Waals surface area contributed by atoms with Crippen molar-refractivity contribution in [1.82, 2.24) is 14.5 Å². The molecular formula is C19H25KN5O3S. The number of carbonyl (C=O) groups excluding carboxylic acids is 1. The van der Waals surface area contributed by atoms with Crippen molar-refractivity contribution in [3.05, 3.63) is 40.7 Å². The van der Waals surface area contributed by atoms with Crippen LogP contribution in [0, 0.1) is 0 Å². The molecule has 2 aliphatic carbocycles. The van der Waals surface area contributed by atoms with Gasteiger partial charge in [-0.2, -0.15) is 13.5 Å². The Labute approximate surface area is 213 Å². The smallest absolute Gasteiger partial charge is 0.307 e. The van der Waals surface area contributed by atoms with E-state index in [1.807, 2.05) is 18.6 Å². The van der Waals surface area contributed by atoms with E-state index >= 15 is 0 Å². The maximum absolute atomic E-state index is 12.5. The SMILES string of the molecule is CC(C)n1cc(NS(=O)(=O)NC(=O)Nc2c3c(cc4c2CCC4)CCC3)cn1.[K]. The molecule has 1 aromatic carbocycles. The van der Waals surface area contributed by atoms with Gasteiger partial charge >= 0.3 is 16.2 Å². The van der Waals surface area contributed by atoms with Crippen molar-refractivity contribution < 1.29 is 13.2 Å². The number of hydrogen-bond donors (Lipinski definition) is 3. The fourth-order valence-corrected chi connectivity index (χ4v) is 4.84. The Kier molecular flexibility index (Phi) is 7.12. The van der Waals surface area contributed by atoms with E-state index in [4.69, 9.17) is 0 Å². The van der Waals surface area contributed by atoms with Crippen LogP contribution in [0.15, 0.2) is 18.5 Å². The van der Waals surface area contributed by atoms with Crippen LogP contribution in [-0.2, 0) is 35.9 Å². The molecule has 2 aromatic rings. The number of nitrogens with one attached hydrogen (secondary N) is 3. The fraction of sp³-hybridized carbons (Fsp3) is 0.474. The predicted molar refractivity (Wildman–Crippen MR) is 114 cm³/mol. The molecule has 0 fully saturated rings. The molecule has 4 rings (SSSR count). The summed E-state index contributed by atoms with van der Waals surface area (Å²) in [5.74, 6) is 0. The number of nitrogens with zero attached hydrogens (tertiary/aromatic N) is 2. The third kappa shape index (κ3) is 5.05. The summed E-state index contributed by atoms with van der Waals surface area (Å²) in [6.45, 7) is 3.88. The molecule has 0 saturated carbocycles. The minimum absolute atomic E-state index is 0. The first-order valence-corrected chi connectivity index (χ1v) is 11.1. The summed E-state index contributed by atoms with van der Waals surface area (Å²) in [7, 11) is -4.06. The Bertz CT molecular complexity index is 1000. The summed E-state index contributed by atoms with van der Waals surface area (Å²) in [5.41, 5.74) is 5.97. The van der Waals surface area contributed by atoms with Gasteiger partial charge in [0, 0.05) is 69.3 Å². The van der Waals surface area contributed by atoms with Crippen LogP contribution in [0.25, 0.3) is 0 Å². The van der Waals surface area contributed by atoms with Crippen LogP contribution >= 0.6 is 0 Å². The molecule has 1 radical (unpaired) electrons. The molecule has 29 heavy (non-hydrogen) atoms. The number of anilines is 2. The van der Waals surface area contributed by atoms with Gasteiger partial charge in [-0.05, 0) is 74.6 Å². The van der Waals surface area contributed by atoms with Crippen molar-refractivity contribution in [2.45, 2.75) is 58.4 Å². The molecule has 10 heteroatoms. The Morgan fingerprint density at radius 1 is 1.10 bits per heavy atom. The van der Waals surface area contributed by atoms with Crippen molar-refractivity contribution >= 4 is 79.0 Å². The summed E-state index contributed by atoms with van der Waals surface area (Å²) >= 11 is 0. The standard InChI is InChI=1S/C19H25N5O3S.K/c1-12(2)24-11-15(10-20-24)22-28(26,27)23-19(25)21-18-16-7-3-5-13(16)9-14-6-4-8-17(14)18;/h9-12,22H,3-8H2,1-2H3,(H2,21,23,25);. The number of urea groups is 1. The summed E-state index contributed by atoms with van der Waals surface area (Å²) in [4.78, 5) is 12.5. The van der Waals surface area contributed by atoms with E-state index in [2.05, 4.69) is 21.2 Å². The van der Waals surface area contributed by atoms with Crippen LogP contribution in [0.3, 0.4) is 0 Å². The van der Waals surface area contributed by atoms with Crippen LogP contribution in [-0.4, -0.2) is 75.6 Å². The number of aromatic nitrogens is 2. The zero-order chi connectivity index (χ0) is 19.9. The van der Waals surface area contributed by atoms with Crippen LogP contribution < -0.4 is 14.8 Å². The van der Waals surface area contributed by atoms with Gasteiger partial charge in [0.1, 0.15) is 0 Å². The largest absolute Gasteiger partial charge is 0.334 e. The first-order valence-electron chi connectivity index (χ1n) is 9.64. The molecule has 0 aliphatic heterocycles. The third-order valence-electron chi connectivity index (χ3n) is 5.32. The quantitative estimate of drug-likeness (QED) is 0.619. The minimum Gasteiger partial charge on any atom is -0.307 e. The molecule has 0 bridgehead atoms. The molecule has 0 spiro atoms. The second-order valence-electron chi connectivity index (χ2n) is 7.70. The fourth-order valence-electron chi connectivity index (χ4n) is 4.08. The third-order valence-corrected chi connectivity index (χ3v) is 6.28. The van der Waals surface area contributed by atoms with Crippen molar-refractivity contribution in [3.63, 3.8) is 0 Å². The average molecular weight is 443 g/mol. The Hall–Kier alpha value is -0.914. The molecule has 2 aliphatic rings. The maximum atomic E-state index is 12.5. The number of aryl methyl sites for hydroxylation is 2. The van der Waals surface area contributed by atoms with E-state index in [1.54, 1.807) is 10.9 Å². The molecule has 1 aromatic heterocycles. The maximum Gasteiger partial charge on any atom is 0.334 e. The molecule has 0 atom stereocenters. The number of hydrogen-bond acceptors (Lipinski definition) is 4.